The van der Waals surface area contributed by atoms with Crippen molar-refractivity contribution in [3.63, 3.8) is 0 Å². The van der Waals surface area contributed by atoms with Gasteiger partial charge in [0, 0.05) is 26.2 Å². The Kier molecular flexibility index (Phi) is 5.05. The molecule has 0 bridgehead atoms. The molecule has 1 aliphatic heterocycles. The highest BCUT2D eigenvalue weighted by Crippen LogP contribution is 2.16. The first-order valence-electron chi connectivity index (χ1n) is 7.48. The summed E-state index contributed by atoms with van der Waals surface area (Å²) < 4.78 is 10.5. The number of hydrogen-bond acceptors (Lipinski definition) is 6. The fourth-order valence-corrected chi connectivity index (χ4v) is 2.20. The lowest BCUT2D eigenvalue weighted by Gasteiger charge is -2.26. The number of rotatable bonds is 2. The van der Waals surface area contributed by atoms with Crippen molar-refractivity contribution >= 4 is 12.0 Å². The second-order valence-corrected chi connectivity index (χ2v) is 6.23. The zero-order valence-electron chi connectivity index (χ0n) is 13.7. The number of hydrogen-bond donors (Lipinski definition) is 0. The summed E-state index contributed by atoms with van der Waals surface area (Å²) >= 11 is 0. The normalized spacial score (nSPS) is 16.2. The fraction of sp³-hybridized carbons (Fsp3) is 0.667. The molecule has 0 aromatic carbocycles. The molecule has 1 aromatic heterocycles. The Morgan fingerprint density at radius 2 is 1.82 bits per heavy atom. The molecule has 0 unspecified atom stereocenters. The molecule has 0 atom stereocenters. The molecule has 1 saturated heterocycles. The van der Waals surface area contributed by atoms with Crippen LogP contribution in [0, 0.1) is 0 Å². The van der Waals surface area contributed by atoms with E-state index >= 15 is 0 Å². The van der Waals surface area contributed by atoms with Crippen molar-refractivity contribution in [3.8, 4) is 5.75 Å². The monoisotopic (exact) mass is 308 g/mol. The molecule has 7 nitrogen and oxygen atoms in total. The number of carbonyl (C=O) groups is 1. The van der Waals surface area contributed by atoms with Crippen LogP contribution in [0.1, 0.15) is 27.2 Å². The van der Waals surface area contributed by atoms with Crippen LogP contribution in [0.4, 0.5) is 10.7 Å². The van der Waals surface area contributed by atoms with Gasteiger partial charge in [-0.1, -0.05) is 0 Å². The van der Waals surface area contributed by atoms with E-state index < -0.39 is 5.60 Å². The minimum Gasteiger partial charge on any atom is -0.494 e. The summed E-state index contributed by atoms with van der Waals surface area (Å²) in [6, 6.07) is 0. The topological polar surface area (TPSA) is 67.8 Å². The smallest absolute Gasteiger partial charge is 0.410 e. The van der Waals surface area contributed by atoms with E-state index in [1.165, 1.54) is 0 Å². The Labute approximate surface area is 131 Å². The van der Waals surface area contributed by atoms with Gasteiger partial charge in [0.2, 0.25) is 5.95 Å². The van der Waals surface area contributed by atoms with Gasteiger partial charge in [-0.25, -0.2) is 14.8 Å². The predicted octanol–water partition coefficient (Wildman–Crippen LogP) is 1.93. The molecule has 1 amide bonds. The van der Waals surface area contributed by atoms with Crippen LogP contribution in [-0.4, -0.2) is 59.9 Å². The minimum atomic E-state index is -0.470. The van der Waals surface area contributed by atoms with Crippen LogP contribution in [-0.2, 0) is 4.74 Å². The van der Waals surface area contributed by atoms with Crippen LogP contribution in [0.25, 0.3) is 0 Å². The summed E-state index contributed by atoms with van der Waals surface area (Å²) in [5.41, 5.74) is -0.470. The number of nitrogens with zero attached hydrogens (tertiary/aromatic N) is 4. The molecule has 0 spiro atoms. The molecule has 0 saturated carbocycles. The van der Waals surface area contributed by atoms with Crippen LogP contribution in [0.15, 0.2) is 12.4 Å². The van der Waals surface area contributed by atoms with E-state index in [1.54, 1.807) is 24.4 Å². The Morgan fingerprint density at radius 1 is 1.14 bits per heavy atom. The molecule has 0 aliphatic carbocycles. The molecular formula is C15H24N4O3. The average molecular weight is 308 g/mol. The van der Waals surface area contributed by atoms with Gasteiger partial charge in [-0.3, -0.25) is 0 Å². The molecule has 1 aromatic rings. The molecule has 22 heavy (non-hydrogen) atoms. The molecular weight excluding hydrogens is 284 g/mol. The number of carbonyl (C=O) groups excluding carboxylic acids is 1. The molecule has 0 radical (unpaired) electrons. The van der Waals surface area contributed by atoms with Gasteiger partial charge in [-0.05, 0) is 27.2 Å². The van der Waals surface area contributed by atoms with Crippen molar-refractivity contribution in [1.82, 2.24) is 14.9 Å². The number of amides is 1. The average Bonchev–Trinajstić information content (AvgIpc) is 2.71. The first-order valence-corrected chi connectivity index (χ1v) is 7.48. The van der Waals surface area contributed by atoms with E-state index in [4.69, 9.17) is 9.47 Å². The number of aromatic nitrogens is 2. The van der Waals surface area contributed by atoms with Crippen molar-refractivity contribution < 1.29 is 14.3 Å². The van der Waals surface area contributed by atoms with Gasteiger partial charge in [0.1, 0.15) is 5.60 Å². The number of ether oxygens (including phenoxy) is 2. The van der Waals surface area contributed by atoms with Gasteiger partial charge < -0.3 is 19.3 Å². The zero-order chi connectivity index (χ0) is 16.2. The highest BCUT2D eigenvalue weighted by molar-refractivity contribution is 5.68. The predicted molar refractivity (Wildman–Crippen MR) is 83.2 cm³/mol. The van der Waals surface area contributed by atoms with Crippen molar-refractivity contribution in [1.29, 1.82) is 0 Å². The Hall–Kier alpha value is -2.05. The summed E-state index contributed by atoms with van der Waals surface area (Å²) in [5.74, 6) is 1.29. The maximum absolute atomic E-state index is 12.1. The SMILES string of the molecule is COc1cnc(N2CCCN(C(=O)OC(C)(C)C)CC2)nc1. The maximum atomic E-state index is 12.1. The summed E-state index contributed by atoms with van der Waals surface area (Å²) in [5, 5.41) is 0. The molecule has 2 rings (SSSR count). The van der Waals surface area contributed by atoms with Gasteiger partial charge in [-0.2, -0.15) is 0 Å². The Bertz CT molecular complexity index is 499. The molecule has 1 aliphatic rings. The van der Waals surface area contributed by atoms with Crippen LogP contribution in [0.3, 0.4) is 0 Å². The summed E-state index contributed by atoms with van der Waals surface area (Å²) in [7, 11) is 1.59. The second kappa shape index (κ2) is 6.81. The summed E-state index contributed by atoms with van der Waals surface area (Å²) in [4.78, 5) is 24.5. The highest BCUT2D eigenvalue weighted by atomic mass is 16.6. The Morgan fingerprint density at radius 3 is 2.41 bits per heavy atom. The summed E-state index contributed by atoms with van der Waals surface area (Å²) in [6.07, 6.45) is 3.90. The van der Waals surface area contributed by atoms with Gasteiger partial charge in [0.25, 0.3) is 0 Å². The molecule has 2 heterocycles. The second-order valence-electron chi connectivity index (χ2n) is 6.23. The molecule has 1 fully saturated rings. The lowest BCUT2D eigenvalue weighted by molar-refractivity contribution is 0.0263. The van der Waals surface area contributed by atoms with Crippen LogP contribution < -0.4 is 9.64 Å². The third kappa shape index (κ3) is 4.47. The van der Waals surface area contributed by atoms with Gasteiger partial charge in [-0.15, -0.1) is 0 Å². The molecule has 122 valence electrons. The van der Waals surface area contributed by atoms with E-state index in [0.717, 1.165) is 13.0 Å². The number of methoxy groups -OCH3 is 1. The van der Waals surface area contributed by atoms with Crippen molar-refractivity contribution in [3.05, 3.63) is 12.4 Å². The van der Waals surface area contributed by atoms with E-state index in [1.807, 2.05) is 20.8 Å². The maximum Gasteiger partial charge on any atom is 0.410 e. The van der Waals surface area contributed by atoms with Gasteiger partial charge in [0.05, 0.1) is 19.5 Å². The van der Waals surface area contributed by atoms with Crippen molar-refractivity contribution in [2.24, 2.45) is 0 Å². The third-order valence-electron chi connectivity index (χ3n) is 3.28. The lowest BCUT2D eigenvalue weighted by Crippen LogP contribution is -2.39. The van der Waals surface area contributed by atoms with Crippen LogP contribution in [0.2, 0.25) is 0 Å². The third-order valence-corrected chi connectivity index (χ3v) is 3.28. The zero-order valence-corrected chi connectivity index (χ0v) is 13.7. The first kappa shape index (κ1) is 16.3. The van der Waals surface area contributed by atoms with Gasteiger partial charge >= 0.3 is 6.09 Å². The number of anilines is 1. The first-order chi connectivity index (χ1) is 10.4. The van der Waals surface area contributed by atoms with E-state index in [2.05, 4.69) is 14.9 Å². The van der Waals surface area contributed by atoms with Crippen molar-refractivity contribution in [2.45, 2.75) is 32.8 Å². The van der Waals surface area contributed by atoms with E-state index in [-0.39, 0.29) is 6.09 Å². The van der Waals surface area contributed by atoms with E-state index in [9.17, 15) is 4.79 Å². The van der Waals surface area contributed by atoms with Gasteiger partial charge in [0.15, 0.2) is 5.75 Å². The standard InChI is InChI=1S/C15H24N4O3/c1-15(2,3)22-14(20)19-7-5-6-18(8-9-19)13-16-10-12(21-4)11-17-13/h10-11H,5-9H2,1-4H3. The fourth-order valence-electron chi connectivity index (χ4n) is 2.20. The Balaban J connectivity index is 1.95. The van der Waals surface area contributed by atoms with Crippen molar-refractivity contribution in [2.75, 3.05) is 38.2 Å². The molecule has 0 N–H and O–H groups in total. The van der Waals surface area contributed by atoms with Crippen LogP contribution >= 0.6 is 0 Å². The quantitative estimate of drug-likeness (QED) is 0.831. The minimum absolute atomic E-state index is 0.259. The molecule has 7 heteroatoms. The van der Waals surface area contributed by atoms with Crippen LogP contribution in [0.5, 0.6) is 5.75 Å². The van der Waals surface area contributed by atoms with E-state index in [0.29, 0.717) is 31.3 Å². The highest BCUT2D eigenvalue weighted by Gasteiger charge is 2.25. The lowest BCUT2D eigenvalue weighted by atomic mass is 10.2. The largest absolute Gasteiger partial charge is 0.494 e. The summed E-state index contributed by atoms with van der Waals surface area (Å²) in [6.45, 7) is 8.41.